The van der Waals surface area contributed by atoms with E-state index in [1.807, 2.05) is 86.6 Å². The molecule has 0 aliphatic carbocycles. The van der Waals surface area contributed by atoms with Crippen LogP contribution in [0.2, 0.25) is 0 Å². The number of pyridine rings is 1. The highest BCUT2D eigenvalue weighted by Crippen LogP contribution is 2.39. The Kier molecular flexibility index (Phi) is 6.70. The number of aryl methyl sites for hydroxylation is 1. The first kappa shape index (κ1) is 24.6. The standard InChI is InChI=1S/C32H26F3NO/c1-21-9-6-16-29(22(21)2)37-20-24-12-7-13-25(18-24)30-26(17-23-10-4-3-5-11-23)19-36-31-27(30)14-8-15-28(31)32(33,34)35/h3-16,18-19H,17,20H2,1-2H3. The summed E-state index contributed by atoms with van der Waals surface area (Å²) in [6.07, 6.45) is -2.36. The van der Waals surface area contributed by atoms with Gasteiger partial charge in [0.05, 0.1) is 11.1 Å². The van der Waals surface area contributed by atoms with Gasteiger partial charge in [0.15, 0.2) is 0 Å². The van der Waals surface area contributed by atoms with Gasteiger partial charge in [0.2, 0.25) is 0 Å². The molecule has 0 aliphatic heterocycles. The minimum absolute atomic E-state index is 0.0427. The van der Waals surface area contributed by atoms with E-state index in [2.05, 4.69) is 4.98 Å². The van der Waals surface area contributed by atoms with Crippen molar-refractivity contribution in [2.24, 2.45) is 0 Å². The number of alkyl halides is 3. The van der Waals surface area contributed by atoms with Crippen molar-refractivity contribution in [3.63, 3.8) is 0 Å². The normalized spacial score (nSPS) is 11.6. The number of hydrogen-bond donors (Lipinski definition) is 0. The lowest BCUT2D eigenvalue weighted by atomic mass is 9.91. The molecule has 0 aliphatic rings. The molecule has 5 aromatic rings. The average molecular weight is 498 g/mol. The number of hydrogen-bond acceptors (Lipinski definition) is 2. The number of para-hydroxylation sites is 1. The Morgan fingerprint density at radius 3 is 2.30 bits per heavy atom. The first-order valence-electron chi connectivity index (χ1n) is 12.1. The zero-order chi connectivity index (χ0) is 26.0. The molecule has 0 N–H and O–H groups in total. The molecule has 5 rings (SSSR count). The van der Waals surface area contributed by atoms with E-state index >= 15 is 0 Å². The number of aromatic nitrogens is 1. The third-order valence-corrected chi connectivity index (χ3v) is 6.68. The highest BCUT2D eigenvalue weighted by molar-refractivity contribution is 5.98. The lowest BCUT2D eigenvalue weighted by molar-refractivity contribution is -0.136. The van der Waals surface area contributed by atoms with E-state index in [1.54, 1.807) is 12.3 Å². The van der Waals surface area contributed by atoms with Gasteiger partial charge in [0, 0.05) is 11.6 Å². The summed E-state index contributed by atoms with van der Waals surface area (Å²) in [5.41, 5.74) is 5.92. The van der Waals surface area contributed by atoms with Crippen molar-refractivity contribution < 1.29 is 17.9 Å². The molecule has 0 amide bonds. The molecule has 0 radical (unpaired) electrons. The van der Waals surface area contributed by atoms with E-state index in [4.69, 9.17) is 4.74 Å². The topological polar surface area (TPSA) is 22.1 Å². The molecular weight excluding hydrogens is 471 g/mol. The van der Waals surface area contributed by atoms with Gasteiger partial charge in [-0.05, 0) is 77.4 Å². The molecule has 0 saturated heterocycles. The van der Waals surface area contributed by atoms with Crippen LogP contribution in [0.15, 0.2) is 97.2 Å². The van der Waals surface area contributed by atoms with Crippen molar-refractivity contribution in [1.29, 1.82) is 0 Å². The average Bonchev–Trinajstić information content (AvgIpc) is 2.89. The Bertz CT molecular complexity index is 1560. The van der Waals surface area contributed by atoms with Crippen molar-refractivity contribution in [3.05, 3.63) is 131 Å². The fourth-order valence-electron chi connectivity index (χ4n) is 4.64. The molecule has 0 fully saturated rings. The Morgan fingerprint density at radius 1 is 0.784 bits per heavy atom. The lowest BCUT2D eigenvalue weighted by Crippen LogP contribution is -2.07. The summed E-state index contributed by atoms with van der Waals surface area (Å²) in [5, 5.41) is 0.482. The van der Waals surface area contributed by atoms with Gasteiger partial charge in [0.25, 0.3) is 0 Å². The van der Waals surface area contributed by atoms with Crippen LogP contribution in [0.3, 0.4) is 0 Å². The predicted molar refractivity (Wildman–Crippen MR) is 142 cm³/mol. The Labute approximate surface area is 214 Å². The molecular formula is C32H26F3NO. The van der Waals surface area contributed by atoms with Crippen LogP contribution in [0.25, 0.3) is 22.0 Å². The molecule has 4 aromatic carbocycles. The van der Waals surface area contributed by atoms with E-state index in [0.29, 0.717) is 18.4 Å². The zero-order valence-corrected chi connectivity index (χ0v) is 20.6. The Morgan fingerprint density at radius 2 is 1.51 bits per heavy atom. The molecule has 37 heavy (non-hydrogen) atoms. The number of ether oxygens (including phenoxy) is 1. The van der Waals surface area contributed by atoms with Crippen LogP contribution < -0.4 is 4.74 Å². The van der Waals surface area contributed by atoms with Crippen LogP contribution >= 0.6 is 0 Å². The molecule has 2 nitrogen and oxygen atoms in total. The van der Waals surface area contributed by atoms with Gasteiger partial charge in [-0.1, -0.05) is 72.8 Å². The number of fused-ring (bicyclic) bond motifs is 1. The van der Waals surface area contributed by atoms with E-state index < -0.39 is 11.7 Å². The summed E-state index contributed by atoms with van der Waals surface area (Å²) in [5.74, 6) is 0.819. The first-order chi connectivity index (χ1) is 17.8. The molecule has 0 bridgehead atoms. The highest BCUT2D eigenvalue weighted by Gasteiger charge is 2.33. The van der Waals surface area contributed by atoms with Gasteiger partial charge >= 0.3 is 6.18 Å². The summed E-state index contributed by atoms with van der Waals surface area (Å²) in [6.45, 7) is 4.42. The van der Waals surface area contributed by atoms with Gasteiger partial charge < -0.3 is 4.74 Å². The molecule has 0 unspecified atom stereocenters. The van der Waals surface area contributed by atoms with Crippen LogP contribution in [0.5, 0.6) is 5.75 Å². The predicted octanol–water partition coefficient (Wildman–Crippen LogP) is 8.71. The second kappa shape index (κ2) is 10.1. The third-order valence-electron chi connectivity index (χ3n) is 6.68. The smallest absolute Gasteiger partial charge is 0.418 e. The lowest BCUT2D eigenvalue weighted by Gasteiger charge is -2.17. The van der Waals surface area contributed by atoms with Crippen molar-refractivity contribution in [2.45, 2.75) is 33.1 Å². The minimum Gasteiger partial charge on any atom is -0.489 e. The molecule has 1 heterocycles. The monoisotopic (exact) mass is 497 g/mol. The maximum absolute atomic E-state index is 13.8. The summed E-state index contributed by atoms with van der Waals surface area (Å²) in [7, 11) is 0. The first-order valence-corrected chi connectivity index (χ1v) is 12.1. The molecule has 1 aromatic heterocycles. The fourth-order valence-corrected chi connectivity index (χ4v) is 4.64. The fraction of sp³-hybridized carbons (Fsp3) is 0.156. The van der Waals surface area contributed by atoms with Crippen LogP contribution in [0, 0.1) is 13.8 Å². The molecule has 0 saturated carbocycles. The number of benzene rings is 4. The van der Waals surface area contributed by atoms with Crippen LogP contribution in [-0.2, 0) is 19.2 Å². The summed E-state index contributed by atoms with van der Waals surface area (Å²) in [6, 6.07) is 27.9. The second-order valence-corrected chi connectivity index (χ2v) is 9.21. The maximum atomic E-state index is 13.8. The minimum atomic E-state index is -4.49. The zero-order valence-electron chi connectivity index (χ0n) is 20.6. The van der Waals surface area contributed by atoms with Gasteiger partial charge in [-0.3, -0.25) is 4.98 Å². The van der Waals surface area contributed by atoms with Crippen molar-refractivity contribution >= 4 is 10.9 Å². The number of rotatable bonds is 6. The van der Waals surface area contributed by atoms with E-state index in [-0.39, 0.29) is 5.52 Å². The largest absolute Gasteiger partial charge is 0.489 e. The number of halogens is 3. The van der Waals surface area contributed by atoms with E-state index in [1.165, 1.54) is 6.07 Å². The van der Waals surface area contributed by atoms with Crippen LogP contribution in [-0.4, -0.2) is 4.98 Å². The van der Waals surface area contributed by atoms with Gasteiger partial charge in [-0.25, -0.2) is 0 Å². The molecule has 0 atom stereocenters. The van der Waals surface area contributed by atoms with E-state index in [9.17, 15) is 13.2 Å². The Balaban J connectivity index is 1.60. The third kappa shape index (κ3) is 5.21. The highest BCUT2D eigenvalue weighted by atomic mass is 19.4. The summed E-state index contributed by atoms with van der Waals surface area (Å²) in [4.78, 5) is 4.30. The van der Waals surface area contributed by atoms with Crippen molar-refractivity contribution in [3.8, 4) is 16.9 Å². The van der Waals surface area contributed by atoms with E-state index in [0.717, 1.165) is 50.8 Å². The summed E-state index contributed by atoms with van der Waals surface area (Å²) >= 11 is 0. The number of nitrogens with zero attached hydrogens (tertiary/aromatic N) is 1. The summed E-state index contributed by atoms with van der Waals surface area (Å²) < 4.78 is 47.6. The van der Waals surface area contributed by atoms with Crippen LogP contribution in [0.4, 0.5) is 13.2 Å². The molecule has 0 spiro atoms. The van der Waals surface area contributed by atoms with Crippen LogP contribution in [0.1, 0.15) is 33.4 Å². The van der Waals surface area contributed by atoms with Crippen molar-refractivity contribution in [2.75, 3.05) is 0 Å². The van der Waals surface area contributed by atoms with Gasteiger partial charge in [-0.15, -0.1) is 0 Å². The molecule has 186 valence electrons. The quantitative estimate of drug-likeness (QED) is 0.234. The second-order valence-electron chi connectivity index (χ2n) is 9.21. The van der Waals surface area contributed by atoms with Crippen molar-refractivity contribution in [1.82, 2.24) is 4.98 Å². The maximum Gasteiger partial charge on any atom is 0.418 e. The van der Waals surface area contributed by atoms with Gasteiger partial charge in [-0.2, -0.15) is 13.2 Å². The SMILES string of the molecule is Cc1cccc(OCc2cccc(-c3c(Cc4ccccc4)cnc4c(C(F)(F)F)cccc34)c2)c1C. The Hall–Kier alpha value is -4.12. The molecule has 5 heteroatoms. The van der Waals surface area contributed by atoms with Gasteiger partial charge in [0.1, 0.15) is 12.4 Å².